The summed E-state index contributed by atoms with van der Waals surface area (Å²) in [7, 11) is 1.67. The van der Waals surface area contributed by atoms with Crippen LogP contribution in [0.1, 0.15) is 10.9 Å². The fourth-order valence-electron chi connectivity index (χ4n) is 1.36. The van der Waals surface area contributed by atoms with Gasteiger partial charge >= 0.3 is 5.69 Å². The highest BCUT2D eigenvalue weighted by Crippen LogP contribution is 2.30. The fraction of sp³-hybridized carbons (Fsp3) is 0.300. The molecule has 0 spiro atoms. The van der Waals surface area contributed by atoms with Gasteiger partial charge in [0.2, 0.25) is 0 Å². The van der Waals surface area contributed by atoms with Crippen molar-refractivity contribution in [3.63, 3.8) is 0 Å². The molecule has 0 bridgehead atoms. The molecule has 0 saturated heterocycles. The molecule has 0 radical (unpaired) electrons. The van der Waals surface area contributed by atoms with E-state index in [0.717, 1.165) is 5.69 Å². The Balaban J connectivity index is 2.22. The summed E-state index contributed by atoms with van der Waals surface area (Å²) >= 11 is 1.42. The number of nitrogens with two attached hydrogens (primary N) is 1. The summed E-state index contributed by atoms with van der Waals surface area (Å²) < 4.78 is 1.45. The SMILES string of the molecule is Cn1c(SC(CN)c2ccccn2)n[nH]c1=O. The third kappa shape index (κ3) is 2.56. The van der Waals surface area contributed by atoms with E-state index in [9.17, 15) is 4.79 Å². The summed E-state index contributed by atoms with van der Waals surface area (Å²) in [5, 5.41) is 6.93. The van der Waals surface area contributed by atoms with Gasteiger partial charge in [-0.2, -0.15) is 0 Å². The van der Waals surface area contributed by atoms with E-state index < -0.39 is 0 Å². The average molecular weight is 251 g/mol. The zero-order valence-electron chi connectivity index (χ0n) is 9.33. The Hall–Kier alpha value is -1.60. The molecule has 0 saturated carbocycles. The van der Waals surface area contributed by atoms with E-state index in [1.807, 2.05) is 18.2 Å². The molecular weight excluding hydrogens is 238 g/mol. The second-order valence-corrected chi connectivity index (χ2v) is 4.64. The van der Waals surface area contributed by atoms with E-state index in [4.69, 9.17) is 5.73 Å². The molecule has 2 rings (SSSR count). The van der Waals surface area contributed by atoms with Crippen LogP contribution in [-0.4, -0.2) is 26.3 Å². The summed E-state index contributed by atoms with van der Waals surface area (Å²) in [6, 6.07) is 5.68. The van der Waals surface area contributed by atoms with Crippen molar-refractivity contribution in [2.75, 3.05) is 6.54 Å². The number of aromatic amines is 1. The van der Waals surface area contributed by atoms with E-state index in [1.165, 1.54) is 16.3 Å². The van der Waals surface area contributed by atoms with Crippen LogP contribution in [0.15, 0.2) is 34.3 Å². The molecule has 1 atom stereocenters. The van der Waals surface area contributed by atoms with Gasteiger partial charge in [0.25, 0.3) is 0 Å². The Morgan fingerprint density at radius 3 is 2.94 bits per heavy atom. The second-order valence-electron chi connectivity index (χ2n) is 3.47. The van der Waals surface area contributed by atoms with Gasteiger partial charge in [0.1, 0.15) is 0 Å². The van der Waals surface area contributed by atoms with Crippen LogP contribution in [0.3, 0.4) is 0 Å². The fourth-order valence-corrected chi connectivity index (χ4v) is 2.31. The maximum atomic E-state index is 11.2. The van der Waals surface area contributed by atoms with Crippen LogP contribution in [0.5, 0.6) is 0 Å². The maximum absolute atomic E-state index is 11.2. The van der Waals surface area contributed by atoms with Gasteiger partial charge in [-0.05, 0) is 12.1 Å². The van der Waals surface area contributed by atoms with Gasteiger partial charge in [-0.25, -0.2) is 9.89 Å². The van der Waals surface area contributed by atoms with Gasteiger partial charge in [0.15, 0.2) is 5.16 Å². The number of rotatable bonds is 4. The highest BCUT2D eigenvalue weighted by molar-refractivity contribution is 7.99. The zero-order valence-corrected chi connectivity index (χ0v) is 10.1. The van der Waals surface area contributed by atoms with Crippen molar-refractivity contribution in [2.45, 2.75) is 10.4 Å². The van der Waals surface area contributed by atoms with Gasteiger partial charge < -0.3 is 5.73 Å². The minimum Gasteiger partial charge on any atom is -0.329 e. The van der Waals surface area contributed by atoms with Crippen molar-refractivity contribution in [1.29, 1.82) is 0 Å². The summed E-state index contributed by atoms with van der Waals surface area (Å²) in [6.07, 6.45) is 1.72. The van der Waals surface area contributed by atoms with Crippen LogP contribution in [0.2, 0.25) is 0 Å². The molecule has 7 heteroatoms. The number of H-pyrrole nitrogens is 1. The molecule has 0 aromatic carbocycles. The summed E-state index contributed by atoms with van der Waals surface area (Å²) in [6.45, 7) is 0.433. The number of nitrogens with one attached hydrogen (secondary N) is 1. The number of pyridine rings is 1. The maximum Gasteiger partial charge on any atom is 0.343 e. The number of nitrogens with zero attached hydrogens (tertiary/aromatic N) is 3. The van der Waals surface area contributed by atoms with Crippen LogP contribution in [0.25, 0.3) is 0 Å². The molecule has 0 aliphatic rings. The predicted octanol–water partition coefficient (Wildman–Crippen LogP) is 0.295. The van der Waals surface area contributed by atoms with E-state index >= 15 is 0 Å². The minimum absolute atomic E-state index is 0.00917. The van der Waals surface area contributed by atoms with Crippen molar-refractivity contribution in [2.24, 2.45) is 12.8 Å². The number of hydrogen-bond acceptors (Lipinski definition) is 5. The number of thioether (sulfide) groups is 1. The van der Waals surface area contributed by atoms with Gasteiger partial charge in [0, 0.05) is 19.8 Å². The van der Waals surface area contributed by atoms with Crippen molar-refractivity contribution in [1.82, 2.24) is 19.7 Å². The summed E-state index contributed by atoms with van der Waals surface area (Å²) in [5.74, 6) is 0. The lowest BCUT2D eigenvalue weighted by atomic mass is 10.3. The Bertz CT molecular complexity index is 535. The first-order valence-electron chi connectivity index (χ1n) is 5.11. The molecular formula is C10H13N5OS. The average Bonchev–Trinajstić information content (AvgIpc) is 2.68. The quantitative estimate of drug-likeness (QED) is 0.763. The molecule has 6 nitrogen and oxygen atoms in total. The van der Waals surface area contributed by atoms with Gasteiger partial charge in [-0.15, -0.1) is 5.10 Å². The lowest BCUT2D eigenvalue weighted by Crippen LogP contribution is -2.15. The van der Waals surface area contributed by atoms with E-state index in [1.54, 1.807) is 13.2 Å². The van der Waals surface area contributed by atoms with Crippen LogP contribution in [-0.2, 0) is 7.05 Å². The standard InChI is InChI=1S/C10H13N5OS/c1-15-9(16)13-14-10(15)17-8(6-11)7-4-2-3-5-12-7/h2-5,8H,6,11H2,1H3,(H,13,16). The topological polar surface area (TPSA) is 89.6 Å². The Morgan fingerprint density at radius 1 is 1.59 bits per heavy atom. The second kappa shape index (κ2) is 5.15. The van der Waals surface area contributed by atoms with Crippen LogP contribution in [0.4, 0.5) is 0 Å². The highest BCUT2D eigenvalue weighted by Gasteiger charge is 2.16. The molecule has 3 N–H and O–H groups in total. The van der Waals surface area contributed by atoms with Crippen molar-refractivity contribution >= 4 is 11.8 Å². The van der Waals surface area contributed by atoms with E-state index in [-0.39, 0.29) is 10.9 Å². The smallest absolute Gasteiger partial charge is 0.329 e. The molecule has 0 amide bonds. The van der Waals surface area contributed by atoms with Crippen LogP contribution < -0.4 is 11.4 Å². The molecule has 2 aromatic heterocycles. The Morgan fingerprint density at radius 2 is 2.41 bits per heavy atom. The van der Waals surface area contributed by atoms with Crippen molar-refractivity contribution in [3.8, 4) is 0 Å². The first-order chi connectivity index (χ1) is 8.22. The van der Waals surface area contributed by atoms with Crippen molar-refractivity contribution in [3.05, 3.63) is 40.6 Å². The molecule has 0 aliphatic carbocycles. The number of hydrogen-bond donors (Lipinski definition) is 2. The monoisotopic (exact) mass is 251 g/mol. The predicted molar refractivity (Wildman–Crippen MR) is 65.7 cm³/mol. The highest BCUT2D eigenvalue weighted by atomic mass is 32.2. The first kappa shape index (κ1) is 11.9. The Labute approximate surface area is 102 Å². The van der Waals surface area contributed by atoms with Crippen LogP contribution in [0, 0.1) is 0 Å². The molecule has 90 valence electrons. The minimum atomic E-state index is -0.232. The molecule has 2 aromatic rings. The number of aromatic nitrogens is 4. The Kier molecular flexibility index (Phi) is 3.60. The van der Waals surface area contributed by atoms with E-state index in [2.05, 4.69) is 15.2 Å². The normalized spacial score (nSPS) is 12.6. The van der Waals surface area contributed by atoms with Crippen molar-refractivity contribution < 1.29 is 0 Å². The van der Waals surface area contributed by atoms with Gasteiger partial charge in [-0.3, -0.25) is 9.55 Å². The van der Waals surface area contributed by atoms with Crippen LogP contribution >= 0.6 is 11.8 Å². The lowest BCUT2D eigenvalue weighted by Gasteiger charge is -2.12. The third-order valence-corrected chi connectivity index (χ3v) is 3.61. The zero-order chi connectivity index (χ0) is 12.3. The molecule has 2 heterocycles. The van der Waals surface area contributed by atoms with Gasteiger partial charge in [0.05, 0.1) is 10.9 Å². The lowest BCUT2D eigenvalue weighted by molar-refractivity contribution is 0.759. The summed E-state index contributed by atoms with van der Waals surface area (Å²) in [4.78, 5) is 15.5. The first-order valence-corrected chi connectivity index (χ1v) is 5.99. The largest absolute Gasteiger partial charge is 0.343 e. The van der Waals surface area contributed by atoms with E-state index in [0.29, 0.717) is 11.7 Å². The summed E-state index contributed by atoms with van der Waals surface area (Å²) in [5.41, 5.74) is 6.38. The molecule has 17 heavy (non-hydrogen) atoms. The molecule has 0 fully saturated rings. The molecule has 0 aliphatic heterocycles. The van der Waals surface area contributed by atoms with Gasteiger partial charge in [-0.1, -0.05) is 17.8 Å². The third-order valence-electron chi connectivity index (χ3n) is 2.32. The molecule has 1 unspecified atom stereocenters.